The van der Waals surface area contributed by atoms with Crippen molar-refractivity contribution >= 4 is 5.97 Å². The van der Waals surface area contributed by atoms with E-state index in [1.54, 1.807) is 0 Å². The first-order chi connectivity index (χ1) is 9.15. The number of carbonyl (C=O) groups is 1. The second-order valence-corrected chi connectivity index (χ2v) is 6.48. The fraction of sp³-hybridized carbons (Fsp3) is 0.812. The van der Waals surface area contributed by atoms with Crippen molar-refractivity contribution < 1.29 is 14.6 Å². The Kier molecular flexibility index (Phi) is 3.42. The molecule has 0 heterocycles. The summed E-state index contributed by atoms with van der Waals surface area (Å²) in [6.07, 6.45) is 11.0. The van der Waals surface area contributed by atoms with Crippen LogP contribution in [0.3, 0.4) is 0 Å². The van der Waals surface area contributed by atoms with Crippen LogP contribution in [0.4, 0.5) is 0 Å². The van der Waals surface area contributed by atoms with Gasteiger partial charge in [-0.25, -0.2) is 0 Å². The standard InChI is InChI=1S/C16H24O3/c1-2-16(8-4-3-5-9-16)19-15(18)13-10-11-6-7-12(13)14(11)17/h6-7,11-14,17H,2-5,8-10H2,1H3. The highest BCUT2D eigenvalue weighted by Crippen LogP contribution is 2.45. The molecule has 106 valence electrons. The number of carbonyl (C=O) groups excluding carboxylic acids is 1. The van der Waals surface area contributed by atoms with Gasteiger partial charge in [0.05, 0.1) is 12.0 Å². The topological polar surface area (TPSA) is 46.5 Å². The lowest BCUT2D eigenvalue weighted by Gasteiger charge is -2.37. The van der Waals surface area contributed by atoms with Crippen LogP contribution >= 0.6 is 0 Å². The lowest BCUT2D eigenvalue weighted by molar-refractivity contribution is -0.170. The predicted molar refractivity (Wildman–Crippen MR) is 72.4 cm³/mol. The van der Waals surface area contributed by atoms with Gasteiger partial charge >= 0.3 is 5.97 Å². The van der Waals surface area contributed by atoms with Crippen molar-refractivity contribution in [3.05, 3.63) is 12.2 Å². The summed E-state index contributed by atoms with van der Waals surface area (Å²) in [4.78, 5) is 12.4. The van der Waals surface area contributed by atoms with E-state index in [1.807, 2.05) is 6.08 Å². The molecule has 3 aliphatic carbocycles. The maximum atomic E-state index is 12.4. The lowest BCUT2D eigenvalue weighted by Crippen LogP contribution is -2.39. The first-order valence-corrected chi connectivity index (χ1v) is 7.74. The smallest absolute Gasteiger partial charge is 0.310 e. The molecule has 0 aromatic rings. The van der Waals surface area contributed by atoms with Gasteiger partial charge in [-0.15, -0.1) is 0 Å². The molecule has 2 saturated carbocycles. The number of aliphatic hydroxyl groups is 1. The second-order valence-electron chi connectivity index (χ2n) is 6.48. The van der Waals surface area contributed by atoms with Gasteiger partial charge in [0, 0.05) is 11.8 Å². The van der Waals surface area contributed by atoms with Crippen molar-refractivity contribution in [2.24, 2.45) is 17.8 Å². The summed E-state index contributed by atoms with van der Waals surface area (Å²) in [5.41, 5.74) is -0.216. The second kappa shape index (κ2) is 4.93. The molecule has 0 radical (unpaired) electrons. The Labute approximate surface area is 115 Å². The molecule has 0 amide bonds. The summed E-state index contributed by atoms with van der Waals surface area (Å²) in [5, 5.41) is 10.0. The highest BCUT2D eigenvalue weighted by atomic mass is 16.6. The molecular formula is C16H24O3. The van der Waals surface area contributed by atoms with Crippen LogP contribution in [0.5, 0.6) is 0 Å². The Morgan fingerprint density at radius 2 is 2.05 bits per heavy atom. The Bertz CT molecular complexity index is 381. The maximum Gasteiger partial charge on any atom is 0.310 e. The van der Waals surface area contributed by atoms with Crippen molar-refractivity contribution in [1.82, 2.24) is 0 Å². The third kappa shape index (κ3) is 2.22. The van der Waals surface area contributed by atoms with Crippen LogP contribution in [0.15, 0.2) is 12.2 Å². The van der Waals surface area contributed by atoms with E-state index in [9.17, 15) is 9.90 Å². The van der Waals surface area contributed by atoms with Crippen LogP contribution in [0.25, 0.3) is 0 Å². The van der Waals surface area contributed by atoms with E-state index < -0.39 is 0 Å². The molecule has 4 unspecified atom stereocenters. The fourth-order valence-electron chi connectivity index (χ4n) is 4.09. The molecule has 2 fully saturated rings. The van der Waals surface area contributed by atoms with Gasteiger partial charge in [0.2, 0.25) is 0 Å². The molecular weight excluding hydrogens is 240 g/mol. The summed E-state index contributed by atoms with van der Waals surface area (Å²) in [7, 11) is 0. The normalized spacial score (nSPS) is 39.5. The molecule has 0 aromatic heterocycles. The Hall–Kier alpha value is -0.830. The van der Waals surface area contributed by atoms with Gasteiger partial charge in [-0.2, -0.15) is 0 Å². The van der Waals surface area contributed by atoms with E-state index in [1.165, 1.54) is 19.3 Å². The van der Waals surface area contributed by atoms with E-state index in [-0.39, 0.29) is 35.4 Å². The highest BCUT2D eigenvalue weighted by molar-refractivity contribution is 5.75. The van der Waals surface area contributed by atoms with Gasteiger partial charge in [0.1, 0.15) is 5.60 Å². The first-order valence-electron chi connectivity index (χ1n) is 7.74. The molecule has 3 heteroatoms. The van der Waals surface area contributed by atoms with Gasteiger partial charge < -0.3 is 9.84 Å². The van der Waals surface area contributed by atoms with Crippen molar-refractivity contribution in [2.45, 2.75) is 63.6 Å². The number of aliphatic hydroxyl groups excluding tert-OH is 1. The maximum absolute atomic E-state index is 12.4. The quantitative estimate of drug-likeness (QED) is 0.630. The third-order valence-corrected chi connectivity index (χ3v) is 5.43. The van der Waals surface area contributed by atoms with Crippen LogP contribution in [-0.4, -0.2) is 22.8 Å². The van der Waals surface area contributed by atoms with E-state index in [0.29, 0.717) is 0 Å². The van der Waals surface area contributed by atoms with Crippen molar-refractivity contribution in [2.75, 3.05) is 0 Å². The van der Waals surface area contributed by atoms with Gasteiger partial charge in [0.15, 0.2) is 0 Å². The molecule has 0 aromatic carbocycles. The van der Waals surface area contributed by atoms with E-state index >= 15 is 0 Å². The Balaban J connectivity index is 1.66. The van der Waals surface area contributed by atoms with Crippen LogP contribution in [0, 0.1) is 17.8 Å². The summed E-state index contributed by atoms with van der Waals surface area (Å²) in [6.45, 7) is 2.12. The molecule has 0 saturated heterocycles. The van der Waals surface area contributed by atoms with Gasteiger partial charge in [-0.3, -0.25) is 4.79 Å². The number of hydrogen-bond acceptors (Lipinski definition) is 3. The molecule has 0 aliphatic heterocycles. The Morgan fingerprint density at radius 3 is 2.58 bits per heavy atom. The Morgan fingerprint density at radius 1 is 1.32 bits per heavy atom. The minimum Gasteiger partial charge on any atom is -0.459 e. The van der Waals surface area contributed by atoms with E-state index in [2.05, 4.69) is 13.0 Å². The summed E-state index contributed by atoms with van der Waals surface area (Å²) in [5.74, 6) is -0.0171. The third-order valence-electron chi connectivity index (χ3n) is 5.43. The monoisotopic (exact) mass is 264 g/mol. The van der Waals surface area contributed by atoms with Gasteiger partial charge in [-0.05, 0) is 38.5 Å². The molecule has 3 nitrogen and oxygen atoms in total. The molecule has 0 spiro atoms. The van der Waals surface area contributed by atoms with Crippen LogP contribution in [0.2, 0.25) is 0 Å². The molecule has 1 N–H and O–H groups in total. The number of esters is 1. The molecule has 3 rings (SSSR count). The predicted octanol–water partition coefficient (Wildman–Crippen LogP) is 2.83. The summed E-state index contributed by atoms with van der Waals surface area (Å²) >= 11 is 0. The summed E-state index contributed by atoms with van der Waals surface area (Å²) < 4.78 is 5.93. The van der Waals surface area contributed by atoms with Crippen molar-refractivity contribution in [3.63, 3.8) is 0 Å². The zero-order valence-corrected chi connectivity index (χ0v) is 11.7. The summed E-state index contributed by atoms with van der Waals surface area (Å²) in [6, 6.07) is 0. The molecule has 4 atom stereocenters. The molecule has 3 aliphatic rings. The first kappa shape index (κ1) is 13.2. The van der Waals surface area contributed by atoms with Crippen molar-refractivity contribution in [3.8, 4) is 0 Å². The number of rotatable bonds is 3. The molecule has 19 heavy (non-hydrogen) atoms. The zero-order chi connectivity index (χ0) is 13.5. The minimum absolute atomic E-state index is 0.00463. The van der Waals surface area contributed by atoms with E-state index in [4.69, 9.17) is 4.74 Å². The van der Waals surface area contributed by atoms with Gasteiger partial charge in [-0.1, -0.05) is 25.5 Å². The SMILES string of the molecule is CCC1(OC(=O)C2CC3C=CC2C3O)CCCCC1. The van der Waals surface area contributed by atoms with Crippen LogP contribution in [-0.2, 0) is 9.53 Å². The molecule has 2 bridgehead atoms. The lowest BCUT2D eigenvalue weighted by atomic mass is 9.82. The highest BCUT2D eigenvalue weighted by Gasteiger charge is 2.49. The fourth-order valence-corrected chi connectivity index (χ4v) is 4.09. The largest absolute Gasteiger partial charge is 0.459 e. The zero-order valence-electron chi connectivity index (χ0n) is 11.7. The number of hydrogen-bond donors (Lipinski definition) is 1. The average molecular weight is 264 g/mol. The van der Waals surface area contributed by atoms with Gasteiger partial charge in [0.25, 0.3) is 0 Å². The average Bonchev–Trinajstić information content (AvgIpc) is 2.95. The van der Waals surface area contributed by atoms with Crippen LogP contribution < -0.4 is 0 Å². The minimum atomic E-state index is -0.360. The number of ether oxygens (including phenoxy) is 1. The number of fused-ring (bicyclic) bond motifs is 2. The van der Waals surface area contributed by atoms with E-state index in [0.717, 1.165) is 25.7 Å². The van der Waals surface area contributed by atoms with Crippen molar-refractivity contribution in [1.29, 1.82) is 0 Å². The van der Waals surface area contributed by atoms with Crippen LogP contribution in [0.1, 0.15) is 51.9 Å².